The summed E-state index contributed by atoms with van der Waals surface area (Å²) in [6, 6.07) is 8.46. The fraction of sp³-hybridized carbons (Fsp3) is 0.357. The molecule has 0 fully saturated rings. The minimum Gasteiger partial charge on any atom is -0.264 e. The molecule has 0 saturated heterocycles. The van der Waals surface area contributed by atoms with Crippen molar-refractivity contribution in [2.75, 3.05) is 0 Å². The van der Waals surface area contributed by atoms with Crippen LogP contribution < -0.4 is 0 Å². The minimum absolute atomic E-state index is 0.617. The van der Waals surface area contributed by atoms with Gasteiger partial charge in [-0.05, 0) is 30.2 Å². The van der Waals surface area contributed by atoms with E-state index >= 15 is 0 Å². The molecule has 84 valence electrons. The largest absolute Gasteiger partial charge is 0.264 e. The average Bonchev–Trinajstić information content (AvgIpc) is 2.35. The van der Waals surface area contributed by atoms with Crippen LogP contribution in [0.25, 0.3) is 10.8 Å². The lowest BCUT2D eigenvalue weighted by Gasteiger charge is -2.08. The van der Waals surface area contributed by atoms with Crippen molar-refractivity contribution >= 4 is 26.7 Å². The molecule has 1 aromatic heterocycles. The molecule has 0 spiro atoms. The van der Waals surface area contributed by atoms with E-state index in [9.17, 15) is 0 Å². The van der Waals surface area contributed by atoms with Gasteiger partial charge in [0.05, 0.1) is 0 Å². The molecule has 0 aliphatic heterocycles. The molecule has 0 amide bonds. The van der Waals surface area contributed by atoms with Crippen molar-refractivity contribution in [1.29, 1.82) is 0 Å². The predicted molar refractivity (Wildman–Crippen MR) is 73.1 cm³/mol. The third-order valence-corrected chi connectivity index (χ3v) is 4.03. The van der Waals surface area contributed by atoms with Gasteiger partial charge in [-0.1, -0.05) is 47.1 Å². The van der Waals surface area contributed by atoms with Gasteiger partial charge in [0.2, 0.25) is 0 Å². The average molecular weight is 278 g/mol. The fourth-order valence-corrected chi connectivity index (χ4v) is 2.12. The Hall–Kier alpha value is -0.890. The van der Waals surface area contributed by atoms with Gasteiger partial charge in [-0.2, -0.15) is 0 Å². The van der Waals surface area contributed by atoms with Crippen LogP contribution in [0.4, 0.5) is 0 Å². The van der Waals surface area contributed by atoms with Gasteiger partial charge in [-0.15, -0.1) is 0 Å². The van der Waals surface area contributed by atoms with Gasteiger partial charge >= 0.3 is 0 Å². The van der Waals surface area contributed by atoms with Crippen molar-refractivity contribution < 1.29 is 0 Å². The van der Waals surface area contributed by atoms with Crippen molar-refractivity contribution in [3.05, 3.63) is 42.2 Å². The number of pyridine rings is 1. The summed E-state index contributed by atoms with van der Waals surface area (Å²) in [6.07, 6.45) is 7.38. The van der Waals surface area contributed by atoms with Crippen LogP contribution in [0.3, 0.4) is 0 Å². The molecule has 1 atom stereocenters. The topological polar surface area (TPSA) is 12.9 Å². The summed E-state index contributed by atoms with van der Waals surface area (Å²) in [7, 11) is 0. The Bertz CT molecular complexity index is 462. The van der Waals surface area contributed by atoms with E-state index in [-0.39, 0.29) is 0 Å². The molecule has 1 aromatic carbocycles. The first-order valence-corrected chi connectivity index (χ1v) is 6.68. The SMILES string of the molecule is CCC(Br)CCc1cncc2ccccc12. The molecule has 0 aliphatic carbocycles. The van der Waals surface area contributed by atoms with Crippen molar-refractivity contribution in [2.45, 2.75) is 31.0 Å². The molecule has 2 heteroatoms. The van der Waals surface area contributed by atoms with Crippen LogP contribution in [0.15, 0.2) is 36.7 Å². The zero-order valence-electron chi connectivity index (χ0n) is 9.49. The number of hydrogen-bond donors (Lipinski definition) is 0. The van der Waals surface area contributed by atoms with Gasteiger partial charge in [0, 0.05) is 22.6 Å². The maximum absolute atomic E-state index is 4.30. The number of benzene rings is 1. The number of hydrogen-bond acceptors (Lipinski definition) is 1. The Morgan fingerprint density at radius 3 is 2.88 bits per heavy atom. The van der Waals surface area contributed by atoms with Gasteiger partial charge in [0.25, 0.3) is 0 Å². The number of nitrogens with zero attached hydrogens (tertiary/aromatic N) is 1. The smallest absolute Gasteiger partial charge is 0.0346 e. The van der Waals surface area contributed by atoms with E-state index in [1.807, 2.05) is 12.4 Å². The van der Waals surface area contributed by atoms with E-state index in [0.29, 0.717) is 4.83 Å². The minimum atomic E-state index is 0.617. The normalized spacial score (nSPS) is 12.9. The molecule has 16 heavy (non-hydrogen) atoms. The summed E-state index contributed by atoms with van der Waals surface area (Å²) in [5.41, 5.74) is 1.36. The lowest BCUT2D eigenvalue weighted by Crippen LogP contribution is -1.98. The van der Waals surface area contributed by atoms with Crippen LogP contribution in [-0.2, 0) is 6.42 Å². The number of halogens is 1. The number of aryl methyl sites for hydroxylation is 1. The molecule has 0 bridgehead atoms. The first kappa shape index (κ1) is 11.6. The first-order chi connectivity index (χ1) is 7.81. The van der Waals surface area contributed by atoms with E-state index in [4.69, 9.17) is 0 Å². The van der Waals surface area contributed by atoms with Crippen molar-refractivity contribution in [3.63, 3.8) is 0 Å². The fourth-order valence-electron chi connectivity index (χ4n) is 1.89. The highest BCUT2D eigenvalue weighted by atomic mass is 79.9. The molecule has 1 unspecified atom stereocenters. The molecule has 0 saturated carbocycles. The van der Waals surface area contributed by atoms with Crippen molar-refractivity contribution in [3.8, 4) is 0 Å². The van der Waals surface area contributed by atoms with Crippen molar-refractivity contribution in [2.24, 2.45) is 0 Å². The third kappa shape index (κ3) is 2.62. The molecule has 2 aromatic rings. The number of aromatic nitrogens is 1. The first-order valence-electron chi connectivity index (χ1n) is 5.77. The van der Waals surface area contributed by atoms with E-state index in [1.54, 1.807) is 0 Å². The van der Waals surface area contributed by atoms with Gasteiger partial charge in [-0.3, -0.25) is 4.98 Å². The zero-order chi connectivity index (χ0) is 11.4. The van der Waals surface area contributed by atoms with E-state index in [0.717, 1.165) is 6.42 Å². The predicted octanol–water partition coefficient (Wildman–Crippen LogP) is 4.34. The lowest BCUT2D eigenvalue weighted by molar-refractivity contribution is 0.747. The molecule has 0 aliphatic rings. The standard InChI is InChI=1S/C14H16BrN/c1-2-13(15)8-7-12-10-16-9-11-5-3-4-6-14(11)12/h3-6,9-10,13H,2,7-8H2,1H3. The van der Waals surface area contributed by atoms with Gasteiger partial charge in [0.15, 0.2) is 0 Å². The Labute approximate surface area is 105 Å². The summed E-state index contributed by atoms with van der Waals surface area (Å²) >= 11 is 3.68. The highest BCUT2D eigenvalue weighted by Crippen LogP contribution is 2.20. The number of rotatable bonds is 4. The van der Waals surface area contributed by atoms with Crippen LogP contribution in [-0.4, -0.2) is 9.81 Å². The summed E-state index contributed by atoms with van der Waals surface area (Å²) < 4.78 is 0. The molecule has 1 nitrogen and oxygen atoms in total. The van der Waals surface area contributed by atoms with E-state index < -0.39 is 0 Å². The quantitative estimate of drug-likeness (QED) is 0.758. The summed E-state index contributed by atoms with van der Waals surface area (Å²) in [4.78, 5) is 4.92. The molecular weight excluding hydrogens is 262 g/mol. The van der Waals surface area contributed by atoms with Crippen molar-refractivity contribution in [1.82, 2.24) is 4.98 Å². The Morgan fingerprint density at radius 2 is 2.06 bits per heavy atom. The summed E-state index contributed by atoms with van der Waals surface area (Å²) in [5.74, 6) is 0. The maximum atomic E-state index is 4.30. The summed E-state index contributed by atoms with van der Waals surface area (Å²) in [5, 5.41) is 2.58. The van der Waals surface area contributed by atoms with Crippen LogP contribution in [0.1, 0.15) is 25.3 Å². The Kier molecular flexibility index (Phi) is 3.94. The lowest BCUT2D eigenvalue weighted by atomic mass is 10.0. The maximum Gasteiger partial charge on any atom is 0.0346 e. The highest BCUT2D eigenvalue weighted by Gasteiger charge is 2.04. The van der Waals surface area contributed by atoms with E-state index in [2.05, 4.69) is 52.1 Å². The second kappa shape index (κ2) is 5.44. The number of alkyl halides is 1. The molecular formula is C14H16BrN. The summed E-state index contributed by atoms with van der Waals surface area (Å²) in [6.45, 7) is 2.21. The molecule has 0 N–H and O–H groups in total. The molecule has 1 heterocycles. The Morgan fingerprint density at radius 1 is 1.25 bits per heavy atom. The van der Waals surface area contributed by atoms with Crippen LogP contribution in [0.5, 0.6) is 0 Å². The van der Waals surface area contributed by atoms with Crippen LogP contribution in [0.2, 0.25) is 0 Å². The van der Waals surface area contributed by atoms with E-state index in [1.165, 1.54) is 29.2 Å². The van der Waals surface area contributed by atoms with Gasteiger partial charge in [0.1, 0.15) is 0 Å². The zero-order valence-corrected chi connectivity index (χ0v) is 11.1. The van der Waals surface area contributed by atoms with Gasteiger partial charge in [-0.25, -0.2) is 0 Å². The number of fused-ring (bicyclic) bond motifs is 1. The third-order valence-electron chi connectivity index (χ3n) is 2.92. The van der Waals surface area contributed by atoms with Crippen LogP contribution >= 0.6 is 15.9 Å². The molecule has 2 rings (SSSR count). The second-order valence-corrected chi connectivity index (χ2v) is 5.36. The highest BCUT2D eigenvalue weighted by molar-refractivity contribution is 9.09. The molecule has 0 radical (unpaired) electrons. The monoisotopic (exact) mass is 277 g/mol. The van der Waals surface area contributed by atoms with Gasteiger partial charge < -0.3 is 0 Å². The van der Waals surface area contributed by atoms with Crippen LogP contribution in [0, 0.1) is 0 Å². The second-order valence-electron chi connectivity index (χ2n) is 4.06. The Balaban J connectivity index is 2.23.